The second kappa shape index (κ2) is 18.3. The number of rotatable bonds is 15. The van der Waals surface area contributed by atoms with Gasteiger partial charge < -0.3 is 34.2 Å². The van der Waals surface area contributed by atoms with Crippen LogP contribution in [0.5, 0.6) is 5.75 Å². The zero-order chi connectivity index (χ0) is 39.6. The number of ether oxygens (including phenoxy) is 3. The minimum atomic E-state index is -1.12. The SMILES string of the molecule is CC(=O)Cc1cc(=O)oc2cc(OC(=O)[C@@H]3CCCN3C(=O)[C@H](CCCCNC(=O)OC(C)(C)C)NC(=O)OCC(C)c3ccccc3[N+](=O)[O-])ccc12. The number of likely N-dealkylation sites (tertiary alicyclic amines) is 1. The van der Waals surface area contributed by atoms with Crippen LogP contribution in [0.1, 0.15) is 83.8 Å². The number of hydrogen-bond donors (Lipinski definition) is 2. The normalized spacial score (nSPS) is 15.2. The second-order valence-electron chi connectivity index (χ2n) is 14.2. The Morgan fingerprint density at radius 3 is 2.50 bits per heavy atom. The van der Waals surface area contributed by atoms with E-state index in [9.17, 15) is 38.9 Å². The second-order valence-corrected chi connectivity index (χ2v) is 14.2. The van der Waals surface area contributed by atoms with Crippen LogP contribution >= 0.6 is 0 Å². The Morgan fingerprint density at radius 2 is 1.80 bits per heavy atom. The maximum atomic E-state index is 14.0. The summed E-state index contributed by atoms with van der Waals surface area (Å²) >= 11 is 0. The van der Waals surface area contributed by atoms with Crippen LogP contribution in [-0.4, -0.2) is 77.1 Å². The van der Waals surface area contributed by atoms with Crippen molar-refractivity contribution in [3.8, 4) is 5.75 Å². The van der Waals surface area contributed by atoms with Crippen molar-refractivity contribution in [1.29, 1.82) is 0 Å². The number of nitrogens with one attached hydrogen (secondary N) is 2. The number of alkyl carbamates (subject to hydrolysis) is 2. The zero-order valence-corrected chi connectivity index (χ0v) is 31.0. The number of carbonyl (C=O) groups excluding carboxylic acids is 5. The third kappa shape index (κ3) is 11.6. The summed E-state index contributed by atoms with van der Waals surface area (Å²) in [6.07, 6.45) is 0.240. The standard InChI is InChI=1S/C38H46N4O12/c1-23(27-11-6-7-13-30(27)42(49)50)22-51-37(48)40-29(12-8-9-17-39-36(47)54-38(3,4)5)34(45)41-18-10-14-31(41)35(46)52-26-15-16-28-25(19-24(2)43)20-33(44)53-32(28)21-26/h6-7,11,13,15-16,20-21,23,29,31H,8-10,12,14,17-19,22H2,1-5H3,(H,39,47)(H,40,48)/t23?,29-,31-/m0/s1. The summed E-state index contributed by atoms with van der Waals surface area (Å²) in [5.41, 5.74) is -0.463. The molecule has 2 heterocycles. The summed E-state index contributed by atoms with van der Waals surface area (Å²) in [7, 11) is 0. The Balaban J connectivity index is 1.45. The van der Waals surface area contributed by atoms with E-state index < -0.39 is 58.2 Å². The summed E-state index contributed by atoms with van der Waals surface area (Å²) in [6, 6.07) is 9.71. The van der Waals surface area contributed by atoms with Crippen LogP contribution in [-0.2, 0) is 30.3 Å². The summed E-state index contributed by atoms with van der Waals surface area (Å²) in [4.78, 5) is 88.8. The predicted octanol–water partition coefficient (Wildman–Crippen LogP) is 5.32. The predicted molar refractivity (Wildman–Crippen MR) is 195 cm³/mol. The molecule has 3 aromatic rings. The molecule has 16 heteroatoms. The van der Waals surface area contributed by atoms with Gasteiger partial charge in [-0.05, 0) is 77.5 Å². The Bertz CT molecular complexity index is 1940. The fourth-order valence-corrected chi connectivity index (χ4v) is 6.13. The van der Waals surface area contributed by atoms with Gasteiger partial charge in [0.25, 0.3) is 5.69 Å². The molecule has 0 spiro atoms. The maximum Gasteiger partial charge on any atom is 0.407 e. The molecule has 1 unspecified atom stereocenters. The third-order valence-electron chi connectivity index (χ3n) is 8.57. The number of nitro benzene ring substituents is 1. The minimum Gasteiger partial charge on any atom is -0.449 e. The lowest BCUT2D eigenvalue weighted by Crippen LogP contribution is -2.52. The first-order chi connectivity index (χ1) is 25.5. The van der Waals surface area contributed by atoms with E-state index in [-0.39, 0.29) is 55.3 Å². The van der Waals surface area contributed by atoms with Crippen molar-refractivity contribution in [2.75, 3.05) is 19.7 Å². The van der Waals surface area contributed by atoms with E-state index >= 15 is 0 Å². The molecule has 3 amide bonds. The smallest absolute Gasteiger partial charge is 0.407 e. The topological polar surface area (TPSA) is 214 Å². The van der Waals surface area contributed by atoms with Crippen LogP contribution in [0.2, 0.25) is 0 Å². The molecule has 1 saturated heterocycles. The van der Waals surface area contributed by atoms with Crippen LogP contribution in [0.15, 0.2) is 57.7 Å². The number of nitrogens with zero attached hydrogens (tertiary/aromatic N) is 2. The van der Waals surface area contributed by atoms with Crippen molar-refractivity contribution in [2.45, 2.75) is 96.7 Å². The number of nitro groups is 1. The van der Waals surface area contributed by atoms with Gasteiger partial charge in [-0.3, -0.25) is 19.7 Å². The van der Waals surface area contributed by atoms with E-state index in [4.69, 9.17) is 18.6 Å². The van der Waals surface area contributed by atoms with Gasteiger partial charge in [0.15, 0.2) is 0 Å². The maximum absolute atomic E-state index is 14.0. The fraction of sp³-hybridized carbons (Fsp3) is 0.474. The Hall–Kier alpha value is -5.80. The molecule has 2 aromatic carbocycles. The van der Waals surface area contributed by atoms with Gasteiger partial charge in [0.05, 0.1) is 4.92 Å². The van der Waals surface area contributed by atoms with Crippen molar-refractivity contribution in [3.63, 3.8) is 0 Å². The molecule has 0 bridgehead atoms. The zero-order valence-electron chi connectivity index (χ0n) is 31.0. The highest BCUT2D eigenvalue weighted by Crippen LogP contribution is 2.28. The molecular formula is C38H46N4O12. The number of benzene rings is 2. The summed E-state index contributed by atoms with van der Waals surface area (Å²) in [5, 5.41) is 17.3. The van der Waals surface area contributed by atoms with Gasteiger partial charge >= 0.3 is 23.8 Å². The number of amides is 3. The van der Waals surface area contributed by atoms with Crippen molar-refractivity contribution >= 4 is 46.5 Å². The molecule has 1 aliphatic rings. The van der Waals surface area contributed by atoms with E-state index in [1.54, 1.807) is 45.9 Å². The lowest BCUT2D eigenvalue weighted by atomic mass is 10.0. The molecule has 54 heavy (non-hydrogen) atoms. The van der Waals surface area contributed by atoms with Gasteiger partial charge in [-0.1, -0.05) is 25.1 Å². The van der Waals surface area contributed by atoms with Gasteiger partial charge in [0.1, 0.15) is 41.4 Å². The van der Waals surface area contributed by atoms with Crippen LogP contribution in [0.4, 0.5) is 15.3 Å². The molecule has 4 rings (SSSR count). The quantitative estimate of drug-likeness (QED) is 0.0504. The molecule has 290 valence electrons. The van der Waals surface area contributed by atoms with E-state index in [2.05, 4.69) is 10.6 Å². The van der Waals surface area contributed by atoms with Crippen LogP contribution < -0.4 is 21.0 Å². The van der Waals surface area contributed by atoms with E-state index in [1.165, 1.54) is 42.2 Å². The van der Waals surface area contributed by atoms with E-state index in [1.807, 2.05) is 0 Å². The first-order valence-corrected chi connectivity index (χ1v) is 17.7. The van der Waals surface area contributed by atoms with Gasteiger partial charge in [-0.15, -0.1) is 0 Å². The first-order valence-electron chi connectivity index (χ1n) is 17.7. The highest BCUT2D eigenvalue weighted by atomic mass is 16.6. The minimum absolute atomic E-state index is 0.0258. The number of unbranched alkanes of at least 4 members (excludes halogenated alkanes) is 1. The van der Waals surface area contributed by atoms with Gasteiger partial charge in [0, 0.05) is 54.6 Å². The van der Waals surface area contributed by atoms with Crippen LogP contribution in [0.25, 0.3) is 11.0 Å². The highest BCUT2D eigenvalue weighted by Gasteiger charge is 2.39. The summed E-state index contributed by atoms with van der Waals surface area (Å²) < 4.78 is 21.6. The molecule has 1 fully saturated rings. The Kier molecular flexibility index (Phi) is 13.9. The number of esters is 1. The molecule has 0 saturated carbocycles. The fourth-order valence-electron chi connectivity index (χ4n) is 6.13. The molecule has 1 aromatic heterocycles. The molecule has 3 atom stereocenters. The largest absolute Gasteiger partial charge is 0.449 e. The lowest BCUT2D eigenvalue weighted by molar-refractivity contribution is -0.385. The van der Waals surface area contributed by atoms with Crippen molar-refractivity contribution in [3.05, 3.63) is 80.2 Å². The molecule has 16 nitrogen and oxygen atoms in total. The molecule has 2 N–H and O–H groups in total. The van der Waals surface area contributed by atoms with Crippen molar-refractivity contribution in [2.24, 2.45) is 0 Å². The summed E-state index contributed by atoms with van der Waals surface area (Å²) in [5.74, 6) is -1.89. The van der Waals surface area contributed by atoms with Crippen LogP contribution in [0.3, 0.4) is 0 Å². The number of Topliss-reactive ketones (excluding diaryl/α,β-unsaturated/α-hetero) is 1. The van der Waals surface area contributed by atoms with Crippen LogP contribution in [0, 0.1) is 10.1 Å². The Labute approximate surface area is 311 Å². The molecule has 1 aliphatic heterocycles. The average Bonchev–Trinajstić information content (AvgIpc) is 3.59. The van der Waals surface area contributed by atoms with Gasteiger partial charge in [-0.2, -0.15) is 0 Å². The van der Waals surface area contributed by atoms with Gasteiger partial charge in [-0.25, -0.2) is 19.2 Å². The monoisotopic (exact) mass is 750 g/mol. The number of carbonyl (C=O) groups is 5. The number of fused-ring (bicyclic) bond motifs is 1. The van der Waals surface area contributed by atoms with Crippen molar-refractivity contribution < 1.29 is 47.5 Å². The number of hydrogen-bond acceptors (Lipinski definition) is 12. The third-order valence-corrected chi connectivity index (χ3v) is 8.57. The van der Waals surface area contributed by atoms with E-state index in [0.29, 0.717) is 42.2 Å². The highest BCUT2D eigenvalue weighted by molar-refractivity contribution is 5.91. The van der Waals surface area contributed by atoms with Gasteiger partial charge in [0.2, 0.25) is 5.91 Å². The first kappa shape index (κ1) is 41.0. The average molecular weight is 751 g/mol. The van der Waals surface area contributed by atoms with Crippen molar-refractivity contribution in [1.82, 2.24) is 15.5 Å². The lowest BCUT2D eigenvalue weighted by Gasteiger charge is -2.28. The van der Waals surface area contributed by atoms with E-state index in [0.717, 1.165) is 0 Å². The Morgan fingerprint density at radius 1 is 1.06 bits per heavy atom. The number of ketones is 1. The summed E-state index contributed by atoms with van der Waals surface area (Å²) in [6.45, 7) is 8.54. The molecule has 0 aliphatic carbocycles. The molecule has 0 radical (unpaired) electrons. The number of para-hydroxylation sites is 1. The molecular weight excluding hydrogens is 704 g/mol.